The number of carboxylic acids is 1. The molecule has 0 unspecified atom stereocenters. The minimum absolute atomic E-state index is 0.0488. The summed E-state index contributed by atoms with van der Waals surface area (Å²) in [6.07, 6.45) is 0.115. The van der Waals surface area contributed by atoms with Gasteiger partial charge in [-0.2, -0.15) is 0 Å². The highest BCUT2D eigenvalue weighted by molar-refractivity contribution is 7.13. The first-order valence-electron chi connectivity index (χ1n) is 10.9. The SMILES string of the molecule is CC(C)(Cc1ccc(F)cc1)NC(=O)[C@H](CCC(=O)O)NC(=O)c1ccc(-c2cccs2)cc1. The lowest BCUT2D eigenvalue weighted by atomic mass is 9.94. The highest BCUT2D eigenvalue weighted by atomic mass is 32.1. The van der Waals surface area contributed by atoms with Gasteiger partial charge in [0.15, 0.2) is 0 Å². The number of hydrogen-bond acceptors (Lipinski definition) is 4. The van der Waals surface area contributed by atoms with Gasteiger partial charge < -0.3 is 15.7 Å². The van der Waals surface area contributed by atoms with E-state index >= 15 is 0 Å². The summed E-state index contributed by atoms with van der Waals surface area (Å²) in [6.45, 7) is 3.63. The van der Waals surface area contributed by atoms with Crippen molar-refractivity contribution in [3.63, 3.8) is 0 Å². The van der Waals surface area contributed by atoms with Gasteiger partial charge in [-0.3, -0.25) is 14.4 Å². The van der Waals surface area contributed by atoms with Crippen molar-refractivity contribution in [2.75, 3.05) is 0 Å². The number of hydrogen-bond donors (Lipinski definition) is 3. The van der Waals surface area contributed by atoms with Crippen molar-refractivity contribution >= 4 is 29.1 Å². The Morgan fingerprint density at radius 1 is 1.03 bits per heavy atom. The van der Waals surface area contributed by atoms with Crippen molar-refractivity contribution in [3.05, 3.63) is 83.0 Å². The molecule has 0 aliphatic carbocycles. The van der Waals surface area contributed by atoms with Crippen LogP contribution in [0.2, 0.25) is 0 Å². The molecule has 3 N–H and O–H groups in total. The van der Waals surface area contributed by atoms with Gasteiger partial charge in [0.2, 0.25) is 5.91 Å². The first-order valence-corrected chi connectivity index (χ1v) is 11.7. The van der Waals surface area contributed by atoms with Crippen LogP contribution in [0.3, 0.4) is 0 Å². The second kappa shape index (κ2) is 11.1. The highest BCUT2D eigenvalue weighted by Crippen LogP contribution is 2.24. The van der Waals surface area contributed by atoms with Crippen LogP contribution in [0.4, 0.5) is 4.39 Å². The highest BCUT2D eigenvalue weighted by Gasteiger charge is 2.28. The van der Waals surface area contributed by atoms with Crippen LogP contribution < -0.4 is 10.6 Å². The predicted molar refractivity (Wildman–Crippen MR) is 130 cm³/mol. The Bertz CT molecular complexity index is 1130. The molecule has 0 saturated heterocycles. The molecule has 3 rings (SSSR count). The molecule has 0 aliphatic heterocycles. The van der Waals surface area contributed by atoms with Crippen LogP contribution in [0.1, 0.15) is 42.6 Å². The number of carbonyl (C=O) groups excluding carboxylic acids is 2. The van der Waals surface area contributed by atoms with Gasteiger partial charge in [-0.15, -0.1) is 11.3 Å². The van der Waals surface area contributed by atoms with E-state index in [-0.39, 0.29) is 18.7 Å². The zero-order chi connectivity index (χ0) is 24.7. The number of nitrogens with one attached hydrogen (secondary N) is 2. The molecule has 1 aromatic heterocycles. The minimum atomic E-state index is -1.06. The largest absolute Gasteiger partial charge is 0.481 e. The van der Waals surface area contributed by atoms with E-state index in [9.17, 15) is 18.8 Å². The van der Waals surface area contributed by atoms with Crippen LogP contribution >= 0.6 is 11.3 Å². The average Bonchev–Trinajstić information content (AvgIpc) is 3.32. The van der Waals surface area contributed by atoms with Crippen LogP contribution in [0.5, 0.6) is 0 Å². The smallest absolute Gasteiger partial charge is 0.303 e. The van der Waals surface area contributed by atoms with Gasteiger partial charge in [0.05, 0.1) is 0 Å². The van der Waals surface area contributed by atoms with Crippen molar-refractivity contribution in [1.29, 1.82) is 0 Å². The van der Waals surface area contributed by atoms with Crippen LogP contribution in [-0.2, 0) is 16.0 Å². The lowest BCUT2D eigenvalue weighted by molar-refractivity contribution is -0.137. The number of carbonyl (C=O) groups is 3. The summed E-state index contributed by atoms with van der Waals surface area (Å²) in [5.74, 6) is -2.33. The van der Waals surface area contributed by atoms with Gasteiger partial charge in [-0.05, 0) is 73.5 Å². The molecule has 0 radical (unpaired) electrons. The molecular weight excluding hydrogens is 455 g/mol. The molecule has 0 saturated carbocycles. The lowest BCUT2D eigenvalue weighted by Gasteiger charge is -2.29. The average molecular weight is 483 g/mol. The third kappa shape index (κ3) is 7.25. The van der Waals surface area contributed by atoms with Gasteiger partial charge in [0.1, 0.15) is 11.9 Å². The van der Waals surface area contributed by atoms with Crippen molar-refractivity contribution in [1.82, 2.24) is 10.6 Å². The zero-order valence-corrected chi connectivity index (χ0v) is 19.8. The van der Waals surface area contributed by atoms with Gasteiger partial charge in [0, 0.05) is 22.4 Å². The fraction of sp³-hybridized carbons (Fsp3) is 0.269. The third-order valence-corrected chi connectivity index (χ3v) is 6.16. The molecule has 1 atom stereocenters. The molecule has 1 heterocycles. The quantitative estimate of drug-likeness (QED) is 0.392. The molecule has 0 fully saturated rings. The molecule has 2 amide bonds. The van der Waals surface area contributed by atoms with Crippen LogP contribution in [0.15, 0.2) is 66.0 Å². The summed E-state index contributed by atoms with van der Waals surface area (Å²) >= 11 is 1.59. The molecule has 34 heavy (non-hydrogen) atoms. The molecule has 2 aromatic carbocycles. The Balaban J connectivity index is 1.68. The number of halogens is 1. The number of aliphatic carboxylic acids is 1. The molecule has 0 spiro atoms. The predicted octanol–water partition coefficient (Wildman–Crippen LogP) is 4.65. The topological polar surface area (TPSA) is 95.5 Å². The van der Waals surface area contributed by atoms with Crippen molar-refractivity contribution in [2.45, 2.75) is 44.7 Å². The number of thiophene rings is 1. The maximum Gasteiger partial charge on any atom is 0.303 e. The number of carboxylic acid groups (broad SMARTS) is 1. The van der Waals surface area contributed by atoms with Crippen molar-refractivity contribution in [3.8, 4) is 10.4 Å². The Morgan fingerprint density at radius 2 is 1.71 bits per heavy atom. The first-order chi connectivity index (χ1) is 16.1. The van der Waals surface area contributed by atoms with Crippen LogP contribution in [0, 0.1) is 5.82 Å². The standard InChI is InChI=1S/C26H27FN2O4S/c1-26(2,16-17-5-11-20(27)12-6-17)29-25(33)21(13-14-23(30)31)28-24(32)19-9-7-18(8-10-19)22-4-3-15-34-22/h3-12,15,21H,13-14,16H2,1-2H3,(H,28,32)(H,29,33)(H,30,31)/t21-/m0/s1. The van der Waals surface area contributed by atoms with E-state index in [4.69, 9.17) is 5.11 Å². The van der Waals surface area contributed by atoms with Gasteiger partial charge in [0.25, 0.3) is 5.91 Å². The van der Waals surface area contributed by atoms with Crippen LogP contribution in [0.25, 0.3) is 10.4 Å². The second-order valence-electron chi connectivity index (χ2n) is 8.69. The summed E-state index contributed by atoms with van der Waals surface area (Å²) in [4.78, 5) is 38.0. The maximum absolute atomic E-state index is 13.2. The Morgan fingerprint density at radius 3 is 2.29 bits per heavy atom. The number of benzene rings is 2. The minimum Gasteiger partial charge on any atom is -0.481 e. The summed E-state index contributed by atoms with van der Waals surface area (Å²) in [5, 5.41) is 16.6. The summed E-state index contributed by atoms with van der Waals surface area (Å²) < 4.78 is 13.2. The van der Waals surface area contributed by atoms with E-state index < -0.39 is 29.4 Å². The fourth-order valence-electron chi connectivity index (χ4n) is 3.58. The molecule has 178 valence electrons. The van der Waals surface area contributed by atoms with E-state index in [1.807, 2.05) is 43.5 Å². The molecule has 8 heteroatoms. The fourth-order valence-corrected chi connectivity index (χ4v) is 4.32. The first kappa shape index (κ1) is 25.1. The summed E-state index contributed by atoms with van der Waals surface area (Å²) in [6, 6.07) is 15.9. The van der Waals surface area contributed by atoms with E-state index in [2.05, 4.69) is 10.6 Å². The molecule has 0 bridgehead atoms. The lowest BCUT2D eigenvalue weighted by Crippen LogP contribution is -2.54. The Kier molecular flexibility index (Phi) is 8.17. The molecule has 0 aliphatic rings. The number of rotatable bonds is 10. The molecule has 6 nitrogen and oxygen atoms in total. The summed E-state index contributed by atoms with van der Waals surface area (Å²) in [7, 11) is 0. The zero-order valence-electron chi connectivity index (χ0n) is 19.0. The number of amides is 2. The van der Waals surface area contributed by atoms with Crippen molar-refractivity contribution in [2.24, 2.45) is 0 Å². The van der Waals surface area contributed by atoms with Crippen LogP contribution in [-0.4, -0.2) is 34.5 Å². The summed E-state index contributed by atoms with van der Waals surface area (Å²) in [5.41, 5.74) is 1.49. The monoisotopic (exact) mass is 482 g/mol. The van der Waals surface area contributed by atoms with E-state index in [0.29, 0.717) is 12.0 Å². The second-order valence-corrected chi connectivity index (χ2v) is 9.64. The normalized spacial score (nSPS) is 12.1. The van der Waals surface area contributed by atoms with Gasteiger partial charge in [-0.1, -0.05) is 30.3 Å². The van der Waals surface area contributed by atoms with E-state index in [1.165, 1.54) is 12.1 Å². The third-order valence-electron chi connectivity index (χ3n) is 5.24. The maximum atomic E-state index is 13.2. The molecular formula is C26H27FN2O4S. The molecule has 3 aromatic rings. The van der Waals surface area contributed by atoms with Gasteiger partial charge >= 0.3 is 5.97 Å². The van der Waals surface area contributed by atoms with E-state index in [1.54, 1.807) is 35.6 Å². The Hall–Kier alpha value is -3.52. The van der Waals surface area contributed by atoms with Crippen molar-refractivity contribution < 1.29 is 23.9 Å². The van der Waals surface area contributed by atoms with Gasteiger partial charge in [-0.25, -0.2) is 4.39 Å². The Labute approximate surface area is 201 Å². The van der Waals surface area contributed by atoms with E-state index in [0.717, 1.165) is 16.0 Å².